The summed E-state index contributed by atoms with van der Waals surface area (Å²) in [5, 5.41) is 3.14. The molecule has 3 amide bonds. The van der Waals surface area contributed by atoms with Gasteiger partial charge in [0.1, 0.15) is 6.54 Å². The Bertz CT molecular complexity index is 684. The minimum absolute atomic E-state index is 0.151. The normalized spacial score (nSPS) is 20.5. The van der Waals surface area contributed by atoms with Gasteiger partial charge in [-0.15, -0.1) is 0 Å². The van der Waals surface area contributed by atoms with Crippen molar-refractivity contribution in [2.75, 3.05) is 33.2 Å². The molecule has 6 heteroatoms. The zero-order valence-electron chi connectivity index (χ0n) is 14.2. The minimum atomic E-state index is -0.368. The summed E-state index contributed by atoms with van der Waals surface area (Å²) in [4.78, 5) is 40.3. The van der Waals surface area contributed by atoms with Crippen molar-refractivity contribution in [2.24, 2.45) is 5.92 Å². The average Bonchev–Trinajstić information content (AvgIpc) is 2.80. The van der Waals surface area contributed by atoms with E-state index >= 15 is 0 Å². The third kappa shape index (κ3) is 3.06. The van der Waals surface area contributed by atoms with Gasteiger partial charge in [0.05, 0.1) is 11.1 Å². The van der Waals surface area contributed by atoms with Gasteiger partial charge in [0.25, 0.3) is 11.8 Å². The predicted molar refractivity (Wildman–Crippen MR) is 89.8 cm³/mol. The molecule has 1 unspecified atom stereocenters. The van der Waals surface area contributed by atoms with Crippen LogP contribution in [0.15, 0.2) is 18.2 Å². The Labute approximate surface area is 141 Å². The van der Waals surface area contributed by atoms with Gasteiger partial charge in [0, 0.05) is 13.1 Å². The van der Waals surface area contributed by atoms with Crippen LogP contribution >= 0.6 is 0 Å². The van der Waals surface area contributed by atoms with Gasteiger partial charge in [-0.05, 0) is 51.4 Å². The van der Waals surface area contributed by atoms with E-state index in [1.807, 2.05) is 20.0 Å². The number of imide groups is 1. The first-order valence-electron chi connectivity index (χ1n) is 8.40. The summed E-state index contributed by atoms with van der Waals surface area (Å²) in [6, 6.07) is 5.19. The van der Waals surface area contributed by atoms with E-state index in [4.69, 9.17) is 0 Å². The first-order valence-corrected chi connectivity index (χ1v) is 8.40. The SMILES string of the molecule is CNCC1CCCN(C(=O)CN2C(=O)c3ccc(C)cc3C2=O)C1. The molecule has 0 aliphatic carbocycles. The van der Waals surface area contributed by atoms with Gasteiger partial charge in [0.2, 0.25) is 5.91 Å². The van der Waals surface area contributed by atoms with Crippen molar-refractivity contribution >= 4 is 17.7 Å². The Morgan fingerprint density at radius 2 is 2.00 bits per heavy atom. The molecule has 1 saturated heterocycles. The smallest absolute Gasteiger partial charge is 0.262 e. The van der Waals surface area contributed by atoms with E-state index in [1.54, 1.807) is 17.0 Å². The molecule has 1 aromatic carbocycles. The number of carbonyl (C=O) groups excluding carboxylic acids is 3. The van der Waals surface area contributed by atoms with Crippen LogP contribution in [0, 0.1) is 12.8 Å². The van der Waals surface area contributed by atoms with E-state index in [2.05, 4.69) is 5.32 Å². The Balaban J connectivity index is 1.69. The topological polar surface area (TPSA) is 69.7 Å². The van der Waals surface area contributed by atoms with E-state index in [9.17, 15) is 14.4 Å². The molecule has 1 aromatic rings. The van der Waals surface area contributed by atoms with E-state index < -0.39 is 0 Å². The van der Waals surface area contributed by atoms with Crippen LogP contribution in [-0.4, -0.2) is 60.7 Å². The molecule has 2 aliphatic heterocycles. The van der Waals surface area contributed by atoms with E-state index in [0.29, 0.717) is 30.1 Å². The Kier molecular flexibility index (Phi) is 4.66. The number of likely N-dealkylation sites (tertiary alicyclic amines) is 1. The van der Waals surface area contributed by atoms with Crippen molar-refractivity contribution in [3.63, 3.8) is 0 Å². The molecule has 3 rings (SSSR count). The van der Waals surface area contributed by atoms with Crippen LogP contribution in [-0.2, 0) is 4.79 Å². The maximum atomic E-state index is 12.6. The molecule has 0 radical (unpaired) electrons. The number of fused-ring (bicyclic) bond motifs is 1. The van der Waals surface area contributed by atoms with Crippen LogP contribution in [0.4, 0.5) is 0 Å². The number of amides is 3. The fourth-order valence-electron chi connectivity index (χ4n) is 3.53. The average molecular weight is 329 g/mol. The number of aryl methyl sites for hydroxylation is 1. The van der Waals surface area contributed by atoms with Gasteiger partial charge in [-0.1, -0.05) is 11.6 Å². The molecule has 0 saturated carbocycles. The molecule has 1 atom stereocenters. The lowest BCUT2D eigenvalue weighted by Crippen LogP contribution is -2.47. The van der Waals surface area contributed by atoms with Crippen molar-refractivity contribution in [2.45, 2.75) is 19.8 Å². The summed E-state index contributed by atoms with van der Waals surface area (Å²) >= 11 is 0. The summed E-state index contributed by atoms with van der Waals surface area (Å²) in [7, 11) is 1.90. The maximum Gasteiger partial charge on any atom is 0.262 e. The molecule has 6 nitrogen and oxygen atoms in total. The van der Waals surface area contributed by atoms with Crippen LogP contribution < -0.4 is 5.32 Å². The lowest BCUT2D eigenvalue weighted by atomic mass is 9.98. The molecule has 0 spiro atoms. The maximum absolute atomic E-state index is 12.6. The van der Waals surface area contributed by atoms with Crippen molar-refractivity contribution in [3.05, 3.63) is 34.9 Å². The Morgan fingerprint density at radius 1 is 1.25 bits per heavy atom. The Hall–Kier alpha value is -2.21. The largest absolute Gasteiger partial charge is 0.341 e. The number of piperidine rings is 1. The summed E-state index contributed by atoms with van der Waals surface area (Å²) < 4.78 is 0. The molecule has 2 heterocycles. The molecule has 0 aromatic heterocycles. The van der Waals surface area contributed by atoms with Crippen molar-refractivity contribution in [3.8, 4) is 0 Å². The molecule has 128 valence electrons. The zero-order valence-corrected chi connectivity index (χ0v) is 14.2. The van der Waals surface area contributed by atoms with Gasteiger partial charge in [-0.3, -0.25) is 19.3 Å². The van der Waals surface area contributed by atoms with Crippen LogP contribution in [0.5, 0.6) is 0 Å². The second-order valence-corrected chi connectivity index (χ2v) is 6.65. The van der Waals surface area contributed by atoms with Gasteiger partial charge < -0.3 is 10.2 Å². The fraction of sp³-hybridized carbons (Fsp3) is 0.500. The molecule has 1 N–H and O–H groups in total. The predicted octanol–water partition coefficient (Wildman–Crippen LogP) is 1.05. The molecule has 24 heavy (non-hydrogen) atoms. The van der Waals surface area contributed by atoms with Gasteiger partial charge in [-0.2, -0.15) is 0 Å². The lowest BCUT2D eigenvalue weighted by molar-refractivity contribution is -0.133. The third-order valence-corrected chi connectivity index (χ3v) is 4.78. The second kappa shape index (κ2) is 6.73. The number of rotatable bonds is 4. The summed E-state index contributed by atoms with van der Waals surface area (Å²) in [5.74, 6) is -0.456. The molecular weight excluding hydrogens is 306 g/mol. The van der Waals surface area contributed by atoms with Crippen molar-refractivity contribution in [1.29, 1.82) is 0 Å². The quantitative estimate of drug-likeness (QED) is 0.838. The van der Waals surface area contributed by atoms with Gasteiger partial charge >= 0.3 is 0 Å². The first-order chi connectivity index (χ1) is 11.5. The minimum Gasteiger partial charge on any atom is -0.341 e. The highest BCUT2D eigenvalue weighted by Crippen LogP contribution is 2.24. The summed E-state index contributed by atoms with van der Waals surface area (Å²) in [6.45, 7) is 3.96. The number of nitrogens with one attached hydrogen (secondary N) is 1. The van der Waals surface area contributed by atoms with Crippen LogP contribution in [0.3, 0.4) is 0 Å². The summed E-state index contributed by atoms with van der Waals surface area (Å²) in [6.07, 6.45) is 2.05. The molecule has 0 bridgehead atoms. The lowest BCUT2D eigenvalue weighted by Gasteiger charge is -2.33. The molecular formula is C18H23N3O3. The second-order valence-electron chi connectivity index (χ2n) is 6.65. The first kappa shape index (κ1) is 16.6. The fourth-order valence-corrected chi connectivity index (χ4v) is 3.53. The van der Waals surface area contributed by atoms with E-state index in [-0.39, 0.29) is 24.3 Å². The molecule has 2 aliphatic rings. The zero-order chi connectivity index (χ0) is 17.3. The highest BCUT2D eigenvalue weighted by atomic mass is 16.2. The van der Waals surface area contributed by atoms with Crippen molar-refractivity contribution in [1.82, 2.24) is 15.1 Å². The number of hydrogen-bond donors (Lipinski definition) is 1. The Morgan fingerprint density at radius 3 is 2.75 bits per heavy atom. The monoisotopic (exact) mass is 329 g/mol. The highest BCUT2D eigenvalue weighted by Gasteiger charge is 2.37. The number of carbonyl (C=O) groups is 3. The highest BCUT2D eigenvalue weighted by molar-refractivity contribution is 6.22. The van der Waals surface area contributed by atoms with Gasteiger partial charge in [-0.25, -0.2) is 0 Å². The number of benzene rings is 1. The van der Waals surface area contributed by atoms with E-state index in [1.165, 1.54) is 0 Å². The number of hydrogen-bond acceptors (Lipinski definition) is 4. The number of nitrogens with zero attached hydrogens (tertiary/aromatic N) is 2. The molecule has 1 fully saturated rings. The summed E-state index contributed by atoms with van der Waals surface area (Å²) in [5.41, 5.74) is 1.72. The standard InChI is InChI=1S/C18H23N3O3/c1-12-5-6-14-15(8-12)18(24)21(17(14)23)11-16(22)20-7-3-4-13(10-20)9-19-2/h5-6,8,13,19H,3-4,7,9-11H2,1-2H3. The van der Waals surface area contributed by atoms with Gasteiger partial charge in [0.15, 0.2) is 0 Å². The van der Waals surface area contributed by atoms with Crippen LogP contribution in [0.1, 0.15) is 39.1 Å². The van der Waals surface area contributed by atoms with E-state index in [0.717, 1.165) is 29.8 Å². The third-order valence-electron chi connectivity index (χ3n) is 4.78. The van der Waals surface area contributed by atoms with Crippen molar-refractivity contribution < 1.29 is 14.4 Å². The van der Waals surface area contributed by atoms with Crippen LogP contribution in [0.25, 0.3) is 0 Å². The van der Waals surface area contributed by atoms with Crippen LogP contribution in [0.2, 0.25) is 0 Å².